The standard InChI is InChI=1S/C14H23N3O/c1-11-9-13(18-16-11)10-17-7-4-12(5-8-17)14-3-2-6-15-14/h9,12,14-15H,2-8,10H2,1H3. The summed E-state index contributed by atoms with van der Waals surface area (Å²) >= 11 is 0. The van der Waals surface area contributed by atoms with Gasteiger partial charge in [-0.1, -0.05) is 5.16 Å². The van der Waals surface area contributed by atoms with Gasteiger partial charge in [-0.25, -0.2) is 0 Å². The van der Waals surface area contributed by atoms with Crippen molar-refractivity contribution in [3.05, 3.63) is 17.5 Å². The molecule has 1 unspecified atom stereocenters. The summed E-state index contributed by atoms with van der Waals surface area (Å²) in [6, 6.07) is 2.84. The van der Waals surface area contributed by atoms with Crippen molar-refractivity contribution in [2.75, 3.05) is 19.6 Å². The van der Waals surface area contributed by atoms with Crippen LogP contribution >= 0.6 is 0 Å². The van der Waals surface area contributed by atoms with Crippen molar-refractivity contribution in [2.24, 2.45) is 5.92 Å². The number of aryl methyl sites for hydroxylation is 1. The number of aromatic nitrogens is 1. The number of nitrogens with zero attached hydrogens (tertiary/aromatic N) is 2. The Labute approximate surface area is 109 Å². The van der Waals surface area contributed by atoms with Crippen LogP contribution in [0, 0.1) is 12.8 Å². The zero-order chi connectivity index (χ0) is 12.4. The van der Waals surface area contributed by atoms with Crippen LogP contribution in [0.3, 0.4) is 0 Å². The van der Waals surface area contributed by atoms with Crippen LogP contribution in [0.4, 0.5) is 0 Å². The SMILES string of the molecule is Cc1cc(CN2CCC(C3CCCN3)CC2)on1. The van der Waals surface area contributed by atoms with Crippen LogP contribution in [0.25, 0.3) is 0 Å². The lowest BCUT2D eigenvalue weighted by atomic mass is 9.88. The van der Waals surface area contributed by atoms with Gasteiger partial charge in [0.15, 0.2) is 5.76 Å². The predicted molar refractivity (Wildman–Crippen MR) is 70.3 cm³/mol. The number of piperidine rings is 1. The van der Waals surface area contributed by atoms with Crippen LogP contribution in [-0.2, 0) is 6.54 Å². The molecule has 1 aromatic heterocycles. The minimum Gasteiger partial charge on any atom is -0.360 e. The third kappa shape index (κ3) is 2.75. The molecule has 3 heterocycles. The lowest BCUT2D eigenvalue weighted by Gasteiger charge is -2.34. The summed E-state index contributed by atoms with van der Waals surface area (Å²) in [7, 11) is 0. The number of nitrogens with one attached hydrogen (secondary N) is 1. The Balaban J connectivity index is 1.47. The van der Waals surface area contributed by atoms with E-state index in [1.165, 1.54) is 45.3 Å². The van der Waals surface area contributed by atoms with Crippen LogP contribution in [-0.4, -0.2) is 35.7 Å². The van der Waals surface area contributed by atoms with E-state index < -0.39 is 0 Å². The van der Waals surface area contributed by atoms with Crippen LogP contribution < -0.4 is 5.32 Å². The summed E-state index contributed by atoms with van der Waals surface area (Å²) in [4.78, 5) is 2.49. The monoisotopic (exact) mass is 249 g/mol. The molecule has 100 valence electrons. The van der Waals surface area contributed by atoms with Gasteiger partial charge < -0.3 is 9.84 Å². The molecule has 4 heteroatoms. The summed E-state index contributed by atoms with van der Waals surface area (Å²) in [6.45, 7) is 6.52. The van der Waals surface area contributed by atoms with E-state index in [2.05, 4.69) is 15.4 Å². The van der Waals surface area contributed by atoms with Gasteiger partial charge in [0.25, 0.3) is 0 Å². The minimum absolute atomic E-state index is 0.791. The minimum atomic E-state index is 0.791. The molecular weight excluding hydrogens is 226 g/mol. The topological polar surface area (TPSA) is 41.3 Å². The zero-order valence-electron chi connectivity index (χ0n) is 11.2. The zero-order valence-corrected chi connectivity index (χ0v) is 11.2. The van der Waals surface area contributed by atoms with E-state index in [1.54, 1.807) is 0 Å². The molecule has 2 aliphatic rings. The van der Waals surface area contributed by atoms with E-state index in [9.17, 15) is 0 Å². The van der Waals surface area contributed by atoms with Gasteiger partial charge in [0, 0.05) is 12.1 Å². The van der Waals surface area contributed by atoms with Crippen LogP contribution in [0.5, 0.6) is 0 Å². The summed E-state index contributed by atoms with van der Waals surface area (Å²) in [5, 5.41) is 7.60. The van der Waals surface area contributed by atoms with Crippen molar-refractivity contribution in [1.29, 1.82) is 0 Å². The number of likely N-dealkylation sites (tertiary alicyclic amines) is 1. The molecule has 0 radical (unpaired) electrons. The largest absolute Gasteiger partial charge is 0.360 e. The molecule has 4 nitrogen and oxygen atoms in total. The summed E-state index contributed by atoms with van der Waals surface area (Å²) < 4.78 is 5.29. The lowest BCUT2D eigenvalue weighted by Crippen LogP contribution is -2.40. The average Bonchev–Trinajstić information content (AvgIpc) is 3.02. The Hall–Kier alpha value is -0.870. The maximum absolute atomic E-state index is 5.29. The first-order valence-corrected chi connectivity index (χ1v) is 7.19. The third-order valence-electron chi connectivity index (χ3n) is 4.36. The predicted octanol–water partition coefficient (Wildman–Crippen LogP) is 1.95. The molecular formula is C14H23N3O. The van der Waals surface area contributed by atoms with E-state index in [1.807, 2.05) is 13.0 Å². The number of hydrogen-bond donors (Lipinski definition) is 1. The van der Waals surface area contributed by atoms with Crippen molar-refractivity contribution >= 4 is 0 Å². The molecule has 0 aromatic carbocycles. The maximum atomic E-state index is 5.29. The molecule has 0 saturated carbocycles. The van der Waals surface area contributed by atoms with Crippen molar-refractivity contribution < 1.29 is 4.52 Å². The Bertz CT molecular complexity index is 376. The van der Waals surface area contributed by atoms with Crippen LogP contribution in [0.2, 0.25) is 0 Å². The molecule has 0 bridgehead atoms. The molecule has 3 rings (SSSR count). The highest BCUT2D eigenvalue weighted by atomic mass is 16.5. The van der Waals surface area contributed by atoms with E-state index in [0.717, 1.165) is 30.0 Å². The normalized spacial score (nSPS) is 26.8. The molecule has 2 saturated heterocycles. The van der Waals surface area contributed by atoms with Crippen LogP contribution in [0.1, 0.15) is 37.1 Å². The van der Waals surface area contributed by atoms with Crippen LogP contribution in [0.15, 0.2) is 10.6 Å². The van der Waals surface area contributed by atoms with Gasteiger partial charge in [-0.2, -0.15) is 0 Å². The molecule has 2 fully saturated rings. The first-order valence-electron chi connectivity index (χ1n) is 7.19. The number of hydrogen-bond acceptors (Lipinski definition) is 4. The molecule has 2 aliphatic heterocycles. The molecule has 0 aliphatic carbocycles. The fourth-order valence-electron chi connectivity index (χ4n) is 3.34. The lowest BCUT2D eigenvalue weighted by molar-refractivity contribution is 0.145. The second-order valence-corrected chi connectivity index (χ2v) is 5.75. The average molecular weight is 249 g/mol. The van der Waals surface area contributed by atoms with E-state index in [-0.39, 0.29) is 0 Å². The highest BCUT2D eigenvalue weighted by Gasteiger charge is 2.28. The molecule has 0 spiro atoms. The second-order valence-electron chi connectivity index (χ2n) is 5.75. The fourth-order valence-corrected chi connectivity index (χ4v) is 3.34. The summed E-state index contributed by atoms with van der Waals surface area (Å²) in [6.07, 6.45) is 5.39. The fraction of sp³-hybridized carbons (Fsp3) is 0.786. The van der Waals surface area contributed by atoms with E-state index >= 15 is 0 Å². The highest BCUT2D eigenvalue weighted by Crippen LogP contribution is 2.26. The quantitative estimate of drug-likeness (QED) is 0.889. The molecule has 1 aromatic rings. The Morgan fingerprint density at radius 3 is 2.83 bits per heavy atom. The van der Waals surface area contributed by atoms with Gasteiger partial charge in [0.05, 0.1) is 12.2 Å². The highest BCUT2D eigenvalue weighted by molar-refractivity contribution is 5.03. The molecule has 1 atom stereocenters. The Kier molecular flexibility index (Phi) is 3.66. The molecule has 1 N–H and O–H groups in total. The molecule has 18 heavy (non-hydrogen) atoms. The van der Waals surface area contributed by atoms with Crippen molar-refractivity contribution in [3.8, 4) is 0 Å². The van der Waals surface area contributed by atoms with E-state index in [0.29, 0.717) is 0 Å². The Morgan fingerprint density at radius 2 is 2.22 bits per heavy atom. The third-order valence-corrected chi connectivity index (χ3v) is 4.36. The van der Waals surface area contributed by atoms with Gasteiger partial charge in [-0.3, -0.25) is 4.90 Å². The summed E-state index contributed by atoms with van der Waals surface area (Å²) in [5.41, 5.74) is 0.982. The first-order chi connectivity index (χ1) is 8.81. The van der Waals surface area contributed by atoms with Gasteiger partial charge in [-0.05, 0) is 58.2 Å². The van der Waals surface area contributed by atoms with Crippen molar-refractivity contribution in [3.63, 3.8) is 0 Å². The smallest absolute Gasteiger partial charge is 0.150 e. The summed E-state index contributed by atoms with van der Waals surface area (Å²) in [5.74, 6) is 1.89. The Morgan fingerprint density at radius 1 is 1.39 bits per heavy atom. The second kappa shape index (κ2) is 5.41. The maximum Gasteiger partial charge on any atom is 0.150 e. The van der Waals surface area contributed by atoms with Gasteiger partial charge in [-0.15, -0.1) is 0 Å². The van der Waals surface area contributed by atoms with Gasteiger partial charge in [0.1, 0.15) is 0 Å². The molecule has 0 amide bonds. The first kappa shape index (κ1) is 12.2. The van der Waals surface area contributed by atoms with Gasteiger partial charge >= 0.3 is 0 Å². The van der Waals surface area contributed by atoms with Crippen molar-refractivity contribution in [1.82, 2.24) is 15.4 Å². The van der Waals surface area contributed by atoms with E-state index in [4.69, 9.17) is 4.52 Å². The van der Waals surface area contributed by atoms with Crippen molar-refractivity contribution in [2.45, 2.75) is 45.2 Å². The van der Waals surface area contributed by atoms with Gasteiger partial charge in [0.2, 0.25) is 0 Å². The number of rotatable bonds is 3.